The molecule has 0 amide bonds. The molecule has 0 saturated heterocycles. The average molecular weight is 275 g/mol. The van der Waals surface area contributed by atoms with E-state index in [-0.39, 0.29) is 0 Å². The lowest BCUT2D eigenvalue weighted by Crippen LogP contribution is -2.04. The molecule has 0 aliphatic rings. The van der Waals surface area contributed by atoms with Crippen molar-refractivity contribution in [3.63, 3.8) is 0 Å². The molecule has 0 saturated carbocycles. The van der Waals surface area contributed by atoms with Gasteiger partial charge in [-0.05, 0) is 47.7 Å². The van der Waals surface area contributed by atoms with Crippen molar-refractivity contribution >= 4 is 11.6 Å². The SMILES string of the molecule is CCc1ccc(CC(O)c2ccc(Cl)cc2C)cc1. The van der Waals surface area contributed by atoms with Crippen LogP contribution in [0.1, 0.15) is 35.3 Å². The lowest BCUT2D eigenvalue weighted by Gasteiger charge is -2.14. The second-order valence-electron chi connectivity index (χ2n) is 4.89. The monoisotopic (exact) mass is 274 g/mol. The smallest absolute Gasteiger partial charge is 0.0832 e. The van der Waals surface area contributed by atoms with E-state index in [4.69, 9.17) is 11.6 Å². The lowest BCUT2D eigenvalue weighted by molar-refractivity contribution is 0.177. The van der Waals surface area contributed by atoms with Crippen LogP contribution < -0.4 is 0 Å². The van der Waals surface area contributed by atoms with Crippen LogP contribution in [-0.2, 0) is 12.8 Å². The average Bonchev–Trinajstić information content (AvgIpc) is 2.39. The van der Waals surface area contributed by atoms with Gasteiger partial charge in [0, 0.05) is 11.4 Å². The zero-order valence-electron chi connectivity index (χ0n) is 11.4. The normalized spacial score (nSPS) is 12.4. The number of aliphatic hydroxyl groups is 1. The Kier molecular flexibility index (Phi) is 4.62. The van der Waals surface area contributed by atoms with E-state index in [1.807, 2.05) is 25.1 Å². The first-order chi connectivity index (χ1) is 9.10. The third-order valence-corrected chi connectivity index (χ3v) is 3.69. The molecule has 2 aromatic rings. The predicted molar refractivity (Wildman–Crippen MR) is 80.7 cm³/mol. The van der Waals surface area contributed by atoms with E-state index in [1.54, 1.807) is 0 Å². The van der Waals surface area contributed by atoms with Crippen molar-refractivity contribution in [3.05, 3.63) is 69.7 Å². The van der Waals surface area contributed by atoms with Crippen LogP contribution in [0.3, 0.4) is 0 Å². The molecule has 0 aromatic heterocycles. The highest BCUT2D eigenvalue weighted by Gasteiger charge is 2.11. The van der Waals surface area contributed by atoms with Crippen LogP contribution in [0, 0.1) is 6.92 Å². The molecule has 0 aliphatic heterocycles. The number of hydrogen-bond acceptors (Lipinski definition) is 1. The molecular weight excluding hydrogens is 256 g/mol. The van der Waals surface area contributed by atoms with E-state index >= 15 is 0 Å². The van der Waals surface area contributed by atoms with Crippen molar-refractivity contribution in [2.24, 2.45) is 0 Å². The quantitative estimate of drug-likeness (QED) is 0.871. The molecular formula is C17H19ClO. The van der Waals surface area contributed by atoms with Crippen LogP contribution in [-0.4, -0.2) is 5.11 Å². The molecule has 1 N–H and O–H groups in total. The second kappa shape index (κ2) is 6.23. The molecule has 19 heavy (non-hydrogen) atoms. The van der Waals surface area contributed by atoms with Gasteiger partial charge in [0.25, 0.3) is 0 Å². The zero-order valence-corrected chi connectivity index (χ0v) is 12.1. The minimum absolute atomic E-state index is 0.482. The Morgan fingerprint density at radius 3 is 2.26 bits per heavy atom. The first-order valence-electron chi connectivity index (χ1n) is 6.62. The summed E-state index contributed by atoms with van der Waals surface area (Å²) in [5, 5.41) is 11.0. The standard InChI is InChI=1S/C17H19ClO/c1-3-13-4-6-14(7-5-13)11-17(19)16-9-8-15(18)10-12(16)2/h4-10,17,19H,3,11H2,1-2H3. The molecule has 0 bridgehead atoms. The highest BCUT2D eigenvalue weighted by molar-refractivity contribution is 6.30. The summed E-state index contributed by atoms with van der Waals surface area (Å²) >= 11 is 5.93. The Morgan fingerprint density at radius 2 is 1.68 bits per heavy atom. The first-order valence-corrected chi connectivity index (χ1v) is 7.00. The summed E-state index contributed by atoms with van der Waals surface area (Å²) in [5.41, 5.74) is 4.45. The van der Waals surface area contributed by atoms with E-state index in [1.165, 1.54) is 5.56 Å². The maximum absolute atomic E-state index is 10.3. The Balaban J connectivity index is 2.13. The molecule has 0 heterocycles. The molecule has 0 spiro atoms. The maximum Gasteiger partial charge on any atom is 0.0832 e. The Labute approximate surface area is 119 Å². The highest BCUT2D eigenvalue weighted by atomic mass is 35.5. The number of aliphatic hydroxyl groups excluding tert-OH is 1. The molecule has 1 nitrogen and oxygen atoms in total. The van der Waals surface area contributed by atoms with Crippen molar-refractivity contribution in [1.29, 1.82) is 0 Å². The van der Waals surface area contributed by atoms with Gasteiger partial charge in [-0.3, -0.25) is 0 Å². The predicted octanol–water partition coefficient (Wildman–Crippen LogP) is 4.49. The fourth-order valence-corrected chi connectivity index (χ4v) is 2.48. The van der Waals surface area contributed by atoms with Crippen molar-refractivity contribution in [3.8, 4) is 0 Å². The molecule has 100 valence electrons. The van der Waals surface area contributed by atoms with Crippen LogP contribution in [0.5, 0.6) is 0 Å². The van der Waals surface area contributed by atoms with E-state index in [2.05, 4.69) is 31.2 Å². The van der Waals surface area contributed by atoms with Crippen molar-refractivity contribution in [1.82, 2.24) is 0 Å². The van der Waals surface area contributed by atoms with Crippen LogP contribution >= 0.6 is 11.6 Å². The van der Waals surface area contributed by atoms with Crippen molar-refractivity contribution in [2.75, 3.05) is 0 Å². The molecule has 1 unspecified atom stereocenters. The third-order valence-electron chi connectivity index (χ3n) is 3.45. The molecule has 2 aromatic carbocycles. The maximum atomic E-state index is 10.3. The van der Waals surface area contributed by atoms with Crippen LogP contribution in [0.25, 0.3) is 0 Å². The number of aryl methyl sites for hydroxylation is 2. The summed E-state index contributed by atoms with van der Waals surface area (Å²) < 4.78 is 0. The second-order valence-corrected chi connectivity index (χ2v) is 5.33. The van der Waals surface area contributed by atoms with E-state index in [0.717, 1.165) is 23.1 Å². The summed E-state index contributed by atoms with van der Waals surface area (Å²) in [6.07, 6.45) is 1.19. The van der Waals surface area contributed by atoms with Gasteiger partial charge in [-0.1, -0.05) is 48.9 Å². The molecule has 0 radical (unpaired) electrons. The van der Waals surface area contributed by atoms with E-state index < -0.39 is 6.10 Å². The summed E-state index contributed by atoms with van der Waals surface area (Å²) in [6, 6.07) is 14.0. The molecule has 1 atom stereocenters. The Hall–Kier alpha value is -1.31. The first kappa shape index (κ1) is 14.1. The van der Waals surface area contributed by atoms with Crippen LogP contribution in [0.15, 0.2) is 42.5 Å². The number of rotatable bonds is 4. The minimum Gasteiger partial charge on any atom is -0.388 e. The number of halogens is 1. The molecule has 0 aliphatic carbocycles. The van der Waals surface area contributed by atoms with Gasteiger partial charge < -0.3 is 5.11 Å². The number of hydrogen-bond donors (Lipinski definition) is 1. The number of benzene rings is 2. The summed E-state index contributed by atoms with van der Waals surface area (Å²) in [4.78, 5) is 0. The van der Waals surface area contributed by atoms with E-state index in [9.17, 15) is 5.11 Å². The fourth-order valence-electron chi connectivity index (χ4n) is 2.26. The van der Waals surface area contributed by atoms with Gasteiger partial charge in [0.2, 0.25) is 0 Å². The van der Waals surface area contributed by atoms with Gasteiger partial charge in [-0.15, -0.1) is 0 Å². The minimum atomic E-state index is -0.482. The van der Waals surface area contributed by atoms with Gasteiger partial charge in [0.15, 0.2) is 0 Å². The largest absolute Gasteiger partial charge is 0.388 e. The summed E-state index contributed by atoms with van der Waals surface area (Å²) in [6.45, 7) is 4.12. The van der Waals surface area contributed by atoms with Gasteiger partial charge in [0.1, 0.15) is 0 Å². The van der Waals surface area contributed by atoms with Gasteiger partial charge in [-0.25, -0.2) is 0 Å². The lowest BCUT2D eigenvalue weighted by atomic mass is 9.97. The molecule has 0 fully saturated rings. The third kappa shape index (κ3) is 3.59. The van der Waals surface area contributed by atoms with E-state index in [0.29, 0.717) is 11.4 Å². The fraction of sp³-hybridized carbons (Fsp3) is 0.294. The summed E-state index contributed by atoms with van der Waals surface area (Å²) in [5.74, 6) is 0. The summed E-state index contributed by atoms with van der Waals surface area (Å²) in [7, 11) is 0. The Bertz CT molecular complexity index is 546. The molecule has 2 rings (SSSR count). The Morgan fingerprint density at radius 1 is 1.05 bits per heavy atom. The van der Waals surface area contributed by atoms with Gasteiger partial charge in [-0.2, -0.15) is 0 Å². The van der Waals surface area contributed by atoms with Crippen molar-refractivity contribution in [2.45, 2.75) is 32.8 Å². The molecule has 2 heteroatoms. The van der Waals surface area contributed by atoms with Gasteiger partial charge in [0.05, 0.1) is 6.10 Å². The van der Waals surface area contributed by atoms with Crippen molar-refractivity contribution < 1.29 is 5.11 Å². The topological polar surface area (TPSA) is 20.2 Å². The zero-order chi connectivity index (χ0) is 13.8. The van der Waals surface area contributed by atoms with Crippen LogP contribution in [0.2, 0.25) is 5.02 Å². The van der Waals surface area contributed by atoms with Gasteiger partial charge >= 0.3 is 0 Å². The van der Waals surface area contributed by atoms with Crippen LogP contribution in [0.4, 0.5) is 0 Å². The highest BCUT2D eigenvalue weighted by Crippen LogP contribution is 2.24.